The number of aromatic nitrogens is 3. The molecule has 0 fully saturated rings. The highest BCUT2D eigenvalue weighted by molar-refractivity contribution is 6.30. The third-order valence-electron chi connectivity index (χ3n) is 5.89. The van der Waals surface area contributed by atoms with Crippen molar-refractivity contribution in [3.05, 3.63) is 82.3 Å². The predicted molar refractivity (Wildman–Crippen MR) is 135 cm³/mol. The van der Waals surface area contributed by atoms with E-state index in [1.807, 2.05) is 41.9 Å². The van der Waals surface area contributed by atoms with Crippen molar-refractivity contribution in [2.45, 2.75) is 38.9 Å². The summed E-state index contributed by atoms with van der Waals surface area (Å²) in [5.74, 6) is -1.46. The summed E-state index contributed by atoms with van der Waals surface area (Å²) >= 11 is 6.13. The average Bonchev–Trinajstić information content (AvgIpc) is 3.17. The topological polar surface area (TPSA) is 76.9 Å². The van der Waals surface area contributed by atoms with Crippen molar-refractivity contribution in [2.24, 2.45) is 7.05 Å². The standard InChI is InChI=1S/C27H24ClF3N4O2/c1-27(2,31)26(37)33-14-15-9-19(24(25(29)30)32-13-15)23(36)11-18-7-8-21-20(34-18)12-22(35(21)3)16-5-4-6-17(28)10-16/h4-10,12-13,25H,11,14H2,1-3H3,(H,33,37). The molecule has 4 aromatic rings. The minimum Gasteiger partial charge on any atom is -0.349 e. The Kier molecular flexibility index (Phi) is 7.36. The zero-order valence-corrected chi connectivity index (χ0v) is 21.1. The lowest BCUT2D eigenvalue weighted by Crippen LogP contribution is -2.38. The van der Waals surface area contributed by atoms with Crippen LogP contribution in [0.2, 0.25) is 5.02 Å². The van der Waals surface area contributed by atoms with E-state index in [2.05, 4.69) is 15.3 Å². The molecule has 1 amide bonds. The summed E-state index contributed by atoms with van der Waals surface area (Å²) in [6, 6.07) is 14.0. The second-order valence-electron chi connectivity index (χ2n) is 9.14. The normalized spacial score (nSPS) is 11.8. The Balaban J connectivity index is 1.60. The number of hydrogen-bond donors (Lipinski definition) is 1. The molecule has 0 aliphatic heterocycles. The Morgan fingerprint density at radius 1 is 1.14 bits per heavy atom. The number of rotatable bonds is 8. The van der Waals surface area contributed by atoms with E-state index in [9.17, 15) is 22.8 Å². The Morgan fingerprint density at radius 3 is 2.57 bits per heavy atom. The molecule has 0 bridgehead atoms. The van der Waals surface area contributed by atoms with E-state index in [0.717, 1.165) is 36.8 Å². The predicted octanol–water partition coefficient (Wildman–Crippen LogP) is 6.02. The van der Waals surface area contributed by atoms with Gasteiger partial charge in [0.1, 0.15) is 5.69 Å². The number of Topliss-reactive ketones (excluding diaryl/α,β-unsaturated/α-hetero) is 1. The van der Waals surface area contributed by atoms with Crippen molar-refractivity contribution in [1.82, 2.24) is 19.9 Å². The molecular weight excluding hydrogens is 505 g/mol. The van der Waals surface area contributed by atoms with Gasteiger partial charge in [-0.05, 0) is 61.4 Å². The molecule has 0 saturated heterocycles. The molecule has 0 radical (unpaired) electrons. The number of carbonyl (C=O) groups is 2. The molecule has 3 aromatic heterocycles. The van der Waals surface area contributed by atoms with E-state index in [4.69, 9.17) is 11.6 Å². The lowest BCUT2D eigenvalue weighted by molar-refractivity contribution is -0.130. The molecule has 0 unspecified atom stereocenters. The number of ketones is 1. The lowest BCUT2D eigenvalue weighted by Gasteiger charge is -2.15. The Hall–Kier alpha value is -3.72. The molecule has 1 aromatic carbocycles. The number of aryl methyl sites for hydroxylation is 1. The number of halogens is 4. The van der Waals surface area contributed by atoms with Crippen molar-refractivity contribution < 1.29 is 22.8 Å². The quantitative estimate of drug-likeness (QED) is 0.284. The van der Waals surface area contributed by atoms with Gasteiger partial charge in [-0.25, -0.2) is 13.2 Å². The second kappa shape index (κ2) is 10.3. The van der Waals surface area contributed by atoms with Crippen LogP contribution < -0.4 is 5.32 Å². The molecule has 37 heavy (non-hydrogen) atoms. The molecule has 0 aliphatic rings. The first-order chi connectivity index (χ1) is 17.4. The van der Waals surface area contributed by atoms with E-state index in [-0.39, 0.29) is 18.5 Å². The number of fused-ring (bicyclic) bond motifs is 1. The highest BCUT2D eigenvalue weighted by Crippen LogP contribution is 2.29. The SMILES string of the molecule is Cn1c(-c2cccc(Cl)c2)cc2nc(CC(=O)c3cc(CNC(=O)C(C)(C)F)cnc3C(F)F)ccc21. The van der Waals surface area contributed by atoms with Gasteiger partial charge in [0.15, 0.2) is 11.5 Å². The Morgan fingerprint density at radius 2 is 1.89 bits per heavy atom. The first kappa shape index (κ1) is 26.3. The molecule has 4 rings (SSSR count). The number of benzene rings is 1. The Labute approximate surface area is 216 Å². The first-order valence-electron chi connectivity index (χ1n) is 11.4. The van der Waals surface area contributed by atoms with Crippen molar-refractivity contribution in [3.8, 4) is 11.3 Å². The van der Waals surface area contributed by atoms with Crippen LogP contribution in [-0.4, -0.2) is 31.9 Å². The highest BCUT2D eigenvalue weighted by atomic mass is 35.5. The number of carbonyl (C=O) groups excluding carboxylic acids is 2. The van der Waals surface area contributed by atoms with Gasteiger partial charge in [0.25, 0.3) is 12.3 Å². The fourth-order valence-electron chi connectivity index (χ4n) is 3.94. The molecule has 0 atom stereocenters. The van der Waals surface area contributed by atoms with E-state index in [1.54, 1.807) is 12.1 Å². The molecule has 192 valence electrons. The minimum atomic E-state index is -2.97. The molecule has 10 heteroatoms. The number of nitrogens with one attached hydrogen (secondary N) is 1. The number of alkyl halides is 3. The highest BCUT2D eigenvalue weighted by Gasteiger charge is 2.26. The van der Waals surface area contributed by atoms with E-state index in [1.165, 1.54) is 6.07 Å². The second-order valence-corrected chi connectivity index (χ2v) is 9.57. The third kappa shape index (κ3) is 5.83. The van der Waals surface area contributed by atoms with Crippen LogP contribution in [0.15, 0.2) is 54.7 Å². The van der Waals surface area contributed by atoms with Crippen molar-refractivity contribution >= 4 is 34.3 Å². The van der Waals surface area contributed by atoms with Gasteiger partial charge in [0.05, 0.1) is 23.1 Å². The van der Waals surface area contributed by atoms with Crippen molar-refractivity contribution in [2.75, 3.05) is 0 Å². The van der Waals surface area contributed by atoms with Gasteiger partial charge in [-0.2, -0.15) is 0 Å². The first-order valence-corrected chi connectivity index (χ1v) is 11.8. The van der Waals surface area contributed by atoms with Crippen LogP contribution in [0.4, 0.5) is 13.2 Å². The summed E-state index contributed by atoms with van der Waals surface area (Å²) in [5.41, 5.74) is 0.910. The lowest BCUT2D eigenvalue weighted by atomic mass is 10.0. The van der Waals surface area contributed by atoms with Crippen molar-refractivity contribution in [3.63, 3.8) is 0 Å². The maximum atomic E-state index is 13.8. The van der Waals surface area contributed by atoms with Crippen LogP contribution in [-0.2, 0) is 24.8 Å². The van der Waals surface area contributed by atoms with Crippen molar-refractivity contribution in [1.29, 1.82) is 0 Å². The van der Waals surface area contributed by atoms with Gasteiger partial charge < -0.3 is 9.88 Å². The number of nitrogens with zero attached hydrogens (tertiary/aromatic N) is 3. The summed E-state index contributed by atoms with van der Waals surface area (Å²) in [5, 5.41) is 2.97. The average molecular weight is 529 g/mol. The fourth-order valence-corrected chi connectivity index (χ4v) is 4.13. The van der Waals surface area contributed by atoms with E-state index in [0.29, 0.717) is 21.8 Å². The summed E-state index contributed by atoms with van der Waals surface area (Å²) < 4.78 is 42.9. The maximum Gasteiger partial charge on any atom is 0.281 e. The monoisotopic (exact) mass is 528 g/mol. The summed E-state index contributed by atoms with van der Waals surface area (Å²) in [6.07, 6.45) is -2.07. The van der Waals surface area contributed by atoms with Gasteiger partial charge in [-0.15, -0.1) is 0 Å². The largest absolute Gasteiger partial charge is 0.349 e. The van der Waals surface area contributed by atoms with Crippen LogP contribution in [0.25, 0.3) is 22.3 Å². The van der Waals surface area contributed by atoms with Crippen LogP contribution >= 0.6 is 11.6 Å². The third-order valence-corrected chi connectivity index (χ3v) is 6.13. The van der Waals surface area contributed by atoms with Gasteiger partial charge >= 0.3 is 0 Å². The Bertz CT molecular complexity index is 1500. The number of hydrogen-bond acceptors (Lipinski definition) is 4. The molecule has 3 heterocycles. The van der Waals surface area contributed by atoms with Crippen LogP contribution in [0.3, 0.4) is 0 Å². The van der Waals surface area contributed by atoms with E-state index < -0.39 is 29.5 Å². The zero-order valence-electron chi connectivity index (χ0n) is 20.4. The number of amides is 1. The van der Waals surface area contributed by atoms with Gasteiger partial charge in [-0.3, -0.25) is 19.6 Å². The zero-order chi connectivity index (χ0) is 26.9. The summed E-state index contributed by atoms with van der Waals surface area (Å²) in [4.78, 5) is 33.2. The molecule has 0 saturated carbocycles. The molecule has 1 N–H and O–H groups in total. The summed E-state index contributed by atoms with van der Waals surface area (Å²) in [7, 11) is 1.89. The smallest absolute Gasteiger partial charge is 0.281 e. The van der Waals surface area contributed by atoms with Crippen LogP contribution in [0.1, 0.15) is 47.6 Å². The summed E-state index contributed by atoms with van der Waals surface area (Å²) in [6.45, 7) is 2.04. The van der Waals surface area contributed by atoms with Gasteiger partial charge in [-0.1, -0.05) is 23.7 Å². The molecule has 6 nitrogen and oxygen atoms in total. The van der Waals surface area contributed by atoms with E-state index >= 15 is 0 Å². The van der Waals surface area contributed by atoms with Crippen LogP contribution in [0, 0.1) is 0 Å². The minimum absolute atomic E-state index is 0.163. The fraction of sp³-hybridized carbons (Fsp3) is 0.259. The van der Waals surface area contributed by atoms with Crippen LogP contribution in [0.5, 0.6) is 0 Å². The van der Waals surface area contributed by atoms with Gasteiger partial charge in [0, 0.05) is 36.1 Å². The molecule has 0 spiro atoms. The number of pyridine rings is 2. The maximum absolute atomic E-state index is 13.8. The molecular formula is C27H24ClF3N4O2. The van der Waals surface area contributed by atoms with Gasteiger partial charge in [0.2, 0.25) is 0 Å². The molecule has 0 aliphatic carbocycles.